The second kappa shape index (κ2) is 7.72. The van der Waals surface area contributed by atoms with E-state index >= 15 is 0 Å². The van der Waals surface area contributed by atoms with Gasteiger partial charge in [-0.2, -0.15) is 0 Å². The molecule has 0 bridgehead atoms. The van der Waals surface area contributed by atoms with Gasteiger partial charge < -0.3 is 5.73 Å². The second-order valence-electron chi connectivity index (χ2n) is 7.00. The number of anilines is 1. The normalized spacial score (nSPS) is 14.1. The lowest BCUT2D eigenvalue weighted by atomic mass is 10.1. The number of aromatic amines is 1. The molecular formula is C20H19FN6S2. The van der Waals surface area contributed by atoms with Gasteiger partial charge in [-0.05, 0) is 43.4 Å². The first-order valence-electron chi connectivity index (χ1n) is 9.56. The van der Waals surface area contributed by atoms with Gasteiger partial charge >= 0.3 is 0 Å². The molecule has 29 heavy (non-hydrogen) atoms. The van der Waals surface area contributed by atoms with Crippen LogP contribution in [0, 0.1) is 5.82 Å². The minimum atomic E-state index is -0.334. The summed E-state index contributed by atoms with van der Waals surface area (Å²) in [6.45, 7) is 0. The summed E-state index contributed by atoms with van der Waals surface area (Å²) < 4.78 is 13.9. The van der Waals surface area contributed by atoms with Crippen LogP contribution in [0.1, 0.15) is 35.5 Å². The second-order valence-corrected chi connectivity index (χ2v) is 9.03. The van der Waals surface area contributed by atoms with Crippen LogP contribution >= 0.6 is 23.1 Å². The van der Waals surface area contributed by atoms with Crippen molar-refractivity contribution in [3.8, 4) is 11.4 Å². The highest BCUT2D eigenvalue weighted by Crippen LogP contribution is 2.37. The summed E-state index contributed by atoms with van der Waals surface area (Å²) in [5.41, 5.74) is 8.06. The van der Waals surface area contributed by atoms with Gasteiger partial charge in [-0.15, -0.1) is 16.4 Å². The molecule has 5 rings (SSSR count). The number of nitrogens with one attached hydrogen (secondary N) is 1. The molecule has 1 aromatic carbocycles. The summed E-state index contributed by atoms with van der Waals surface area (Å²) in [4.78, 5) is 16.0. The number of nitrogens with zero attached hydrogens (tertiary/aromatic N) is 4. The molecule has 3 N–H and O–H groups in total. The van der Waals surface area contributed by atoms with Gasteiger partial charge in [0.25, 0.3) is 0 Å². The van der Waals surface area contributed by atoms with Crippen LogP contribution in [-0.4, -0.2) is 25.1 Å². The predicted octanol–water partition coefficient (Wildman–Crippen LogP) is 4.76. The number of nitrogens with two attached hydrogens (primary N) is 1. The van der Waals surface area contributed by atoms with Crippen molar-refractivity contribution >= 4 is 39.1 Å². The molecule has 0 radical (unpaired) electrons. The Hall–Kier alpha value is -2.52. The maximum absolute atomic E-state index is 13.9. The third-order valence-electron chi connectivity index (χ3n) is 5.06. The molecule has 0 saturated heterocycles. The molecule has 0 saturated carbocycles. The van der Waals surface area contributed by atoms with Gasteiger partial charge in [0.1, 0.15) is 22.3 Å². The Morgan fingerprint density at radius 3 is 2.86 bits per heavy atom. The molecule has 1 aliphatic rings. The van der Waals surface area contributed by atoms with Crippen LogP contribution in [0.5, 0.6) is 0 Å². The van der Waals surface area contributed by atoms with E-state index < -0.39 is 0 Å². The molecule has 1 aliphatic carbocycles. The summed E-state index contributed by atoms with van der Waals surface area (Å²) >= 11 is 3.15. The number of aryl methyl sites for hydroxylation is 2. The number of thiophene rings is 1. The maximum atomic E-state index is 13.9. The first kappa shape index (κ1) is 18.5. The molecule has 0 atom stereocenters. The first-order valence-corrected chi connectivity index (χ1v) is 11.4. The zero-order chi connectivity index (χ0) is 19.8. The minimum Gasteiger partial charge on any atom is -0.383 e. The molecule has 4 aromatic rings. The number of rotatable bonds is 4. The lowest BCUT2D eigenvalue weighted by Gasteiger charge is -2.03. The number of nitrogen functional groups attached to an aromatic ring is 1. The fourth-order valence-corrected chi connectivity index (χ4v) is 5.63. The summed E-state index contributed by atoms with van der Waals surface area (Å²) in [6, 6.07) is 6.48. The molecular weight excluding hydrogens is 407 g/mol. The van der Waals surface area contributed by atoms with Crippen LogP contribution in [0.15, 0.2) is 29.4 Å². The van der Waals surface area contributed by atoms with Crippen molar-refractivity contribution in [2.24, 2.45) is 0 Å². The number of fused-ring (bicyclic) bond motifs is 3. The lowest BCUT2D eigenvalue weighted by Crippen LogP contribution is -2.00. The number of thioether (sulfide) groups is 1. The Morgan fingerprint density at radius 2 is 1.97 bits per heavy atom. The Kier molecular flexibility index (Phi) is 4.92. The molecule has 3 heterocycles. The quantitative estimate of drug-likeness (QED) is 0.361. The number of hydrogen-bond donors (Lipinski definition) is 2. The number of benzene rings is 1. The highest BCUT2D eigenvalue weighted by atomic mass is 32.2. The number of halogens is 1. The molecule has 148 valence electrons. The van der Waals surface area contributed by atoms with E-state index in [2.05, 4.69) is 20.2 Å². The highest BCUT2D eigenvalue weighted by Gasteiger charge is 2.19. The van der Waals surface area contributed by atoms with Crippen molar-refractivity contribution in [1.82, 2.24) is 25.1 Å². The van der Waals surface area contributed by atoms with Crippen LogP contribution in [0.25, 0.3) is 21.6 Å². The standard InChI is InChI=1S/C20H19FN6S2/c21-13-8-5-4-6-11(13)18-25-20(27-26-18)28-10-15-23-17(22)16-12-7-2-1-3-9-14(12)29-19(16)24-15/h4-6,8H,1-3,7,9-10H2,(H2,22,23,24)(H,25,26,27). The van der Waals surface area contributed by atoms with E-state index in [1.807, 2.05) is 0 Å². The van der Waals surface area contributed by atoms with E-state index in [0.29, 0.717) is 33.9 Å². The topological polar surface area (TPSA) is 93.4 Å². The summed E-state index contributed by atoms with van der Waals surface area (Å²) in [5.74, 6) is 1.79. The maximum Gasteiger partial charge on any atom is 0.209 e. The van der Waals surface area contributed by atoms with Gasteiger partial charge in [0, 0.05) is 4.88 Å². The summed E-state index contributed by atoms with van der Waals surface area (Å²) in [6.07, 6.45) is 5.86. The van der Waals surface area contributed by atoms with Gasteiger partial charge in [-0.3, -0.25) is 5.10 Å². The van der Waals surface area contributed by atoms with Crippen molar-refractivity contribution in [3.63, 3.8) is 0 Å². The molecule has 0 fully saturated rings. The SMILES string of the molecule is Nc1nc(CSc2n[nH]c(-c3ccccc3F)n2)nc2sc3c(c12)CCCCC3. The van der Waals surface area contributed by atoms with Gasteiger partial charge in [-0.25, -0.2) is 19.3 Å². The van der Waals surface area contributed by atoms with E-state index in [-0.39, 0.29) is 5.82 Å². The van der Waals surface area contributed by atoms with Gasteiger partial charge in [0.15, 0.2) is 5.82 Å². The van der Waals surface area contributed by atoms with Crippen LogP contribution in [0.3, 0.4) is 0 Å². The molecule has 6 nitrogen and oxygen atoms in total. The number of aromatic nitrogens is 5. The molecule has 0 unspecified atom stereocenters. The first-order chi connectivity index (χ1) is 14.2. The van der Waals surface area contributed by atoms with Crippen LogP contribution in [0.4, 0.5) is 10.2 Å². The van der Waals surface area contributed by atoms with Gasteiger partial charge in [-0.1, -0.05) is 30.3 Å². The van der Waals surface area contributed by atoms with Crippen LogP contribution in [-0.2, 0) is 18.6 Å². The van der Waals surface area contributed by atoms with Gasteiger partial charge in [0.05, 0.1) is 16.7 Å². The Labute approximate surface area is 175 Å². The molecule has 0 aliphatic heterocycles. The zero-order valence-corrected chi connectivity index (χ0v) is 17.2. The Bertz CT molecular complexity index is 1190. The van der Waals surface area contributed by atoms with Crippen molar-refractivity contribution in [2.75, 3.05) is 5.73 Å². The predicted molar refractivity (Wildman–Crippen MR) is 114 cm³/mol. The van der Waals surface area contributed by atoms with E-state index in [4.69, 9.17) is 10.7 Å². The number of hydrogen-bond acceptors (Lipinski definition) is 7. The average molecular weight is 427 g/mol. The van der Waals surface area contributed by atoms with E-state index in [1.165, 1.54) is 47.5 Å². The highest BCUT2D eigenvalue weighted by molar-refractivity contribution is 7.98. The largest absolute Gasteiger partial charge is 0.383 e. The third-order valence-corrected chi connectivity index (χ3v) is 7.09. The van der Waals surface area contributed by atoms with Crippen molar-refractivity contribution in [1.29, 1.82) is 0 Å². The van der Waals surface area contributed by atoms with Crippen molar-refractivity contribution in [3.05, 3.63) is 46.3 Å². The molecule has 3 aromatic heterocycles. The van der Waals surface area contributed by atoms with Crippen LogP contribution in [0.2, 0.25) is 0 Å². The van der Waals surface area contributed by atoms with E-state index in [0.717, 1.165) is 23.1 Å². The van der Waals surface area contributed by atoms with Crippen molar-refractivity contribution < 1.29 is 4.39 Å². The van der Waals surface area contributed by atoms with Crippen LogP contribution < -0.4 is 5.73 Å². The fraction of sp³-hybridized carbons (Fsp3) is 0.300. The summed E-state index contributed by atoms with van der Waals surface area (Å²) in [5, 5.41) is 8.53. The summed E-state index contributed by atoms with van der Waals surface area (Å²) in [7, 11) is 0. The Balaban J connectivity index is 1.37. The fourth-order valence-electron chi connectivity index (χ4n) is 3.69. The smallest absolute Gasteiger partial charge is 0.209 e. The minimum absolute atomic E-state index is 0.334. The molecule has 0 spiro atoms. The van der Waals surface area contributed by atoms with Crippen molar-refractivity contribution in [2.45, 2.75) is 43.0 Å². The zero-order valence-electron chi connectivity index (χ0n) is 15.6. The molecule has 9 heteroatoms. The van der Waals surface area contributed by atoms with Gasteiger partial charge in [0.2, 0.25) is 5.16 Å². The van der Waals surface area contributed by atoms with E-state index in [1.54, 1.807) is 29.5 Å². The van der Waals surface area contributed by atoms with E-state index in [9.17, 15) is 4.39 Å². The monoisotopic (exact) mass is 426 g/mol. The number of H-pyrrole nitrogens is 1. The third kappa shape index (κ3) is 3.60. The Morgan fingerprint density at radius 1 is 1.10 bits per heavy atom. The molecule has 0 amide bonds. The lowest BCUT2D eigenvalue weighted by molar-refractivity contribution is 0.630. The average Bonchev–Trinajstić information content (AvgIpc) is 3.25.